The molecule has 0 aromatic carbocycles. The van der Waals surface area contributed by atoms with E-state index in [1.807, 2.05) is 7.05 Å². The van der Waals surface area contributed by atoms with Gasteiger partial charge in [-0.1, -0.05) is 27.7 Å². The van der Waals surface area contributed by atoms with Crippen molar-refractivity contribution in [3.05, 3.63) is 0 Å². The average molecular weight is 267 g/mol. The van der Waals surface area contributed by atoms with Gasteiger partial charge in [-0.25, -0.2) is 0 Å². The summed E-state index contributed by atoms with van der Waals surface area (Å²) < 4.78 is 5.82. The number of nitrogens with one attached hydrogen (secondary N) is 2. The van der Waals surface area contributed by atoms with Crippen molar-refractivity contribution < 1.29 is 4.74 Å². The molecule has 4 heteroatoms. The summed E-state index contributed by atoms with van der Waals surface area (Å²) in [5.74, 6) is 2.31. The Morgan fingerprint density at radius 1 is 1.42 bits per heavy atom. The van der Waals surface area contributed by atoms with E-state index in [2.05, 4.69) is 43.3 Å². The number of rotatable bonds is 4. The van der Waals surface area contributed by atoms with Gasteiger partial charge in [-0.15, -0.1) is 0 Å². The van der Waals surface area contributed by atoms with Gasteiger partial charge in [0, 0.05) is 37.6 Å². The molecule has 0 radical (unpaired) electrons. The highest BCUT2D eigenvalue weighted by Crippen LogP contribution is 2.51. The van der Waals surface area contributed by atoms with E-state index < -0.39 is 0 Å². The fourth-order valence-electron chi connectivity index (χ4n) is 3.44. The van der Waals surface area contributed by atoms with Crippen molar-refractivity contribution in [2.75, 3.05) is 20.2 Å². The molecule has 3 unspecified atom stereocenters. The summed E-state index contributed by atoms with van der Waals surface area (Å²) in [7, 11) is 1.85. The largest absolute Gasteiger partial charge is 0.377 e. The fourth-order valence-corrected chi connectivity index (χ4v) is 3.44. The first kappa shape index (κ1) is 14.6. The Kier molecular flexibility index (Phi) is 4.39. The van der Waals surface area contributed by atoms with Gasteiger partial charge in [-0.3, -0.25) is 4.99 Å². The van der Waals surface area contributed by atoms with Crippen molar-refractivity contribution >= 4 is 5.96 Å². The van der Waals surface area contributed by atoms with Crippen LogP contribution in [0.3, 0.4) is 0 Å². The number of nitrogens with zero attached hydrogens (tertiary/aromatic N) is 1. The van der Waals surface area contributed by atoms with Gasteiger partial charge in [-0.05, 0) is 18.8 Å². The highest BCUT2D eigenvalue weighted by molar-refractivity contribution is 5.80. The molecule has 0 bridgehead atoms. The zero-order valence-electron chi connectivity index (χ0n) is 13.0. The van der Waals surface area contributed by atoms with Gasteiger partial charge in [0.1, 0.15) is 0 Å². The van der Waals surface area contributed by atoms with Crippen LogP contribution >= 0.6 is 0 Å². The number of ether oxygens (including phenoxy) is 1. The summed E-state index contributed by atoms with van der Waals surface area (Å²) in [6, 6.07) is 0.477. The molecule has 0 aromatic heterocycles. The molecule has 1 saturated heterocycles. The molecule has 2 rings (SSSR count). The standard InChI is InChI=1S/C15H29N3O/c1-10(2)6-8-17-14(16-5)18-12-11-7-9-19-13(11)15(12,3)4/h10-13H,6-9H2,1-5H3,(H2,16,17,18). The predicted octanol–water partition coefficient (Wildman–Crippen LogP) is 2.01. The molecule has 4 nitrogen and oxygen atoms in total. The van der Waals surface area contributed by atoms with Crippen LogP contribution in [-0.4, -0.2) is 38.3 Å². The van der Waals surface area contributed by atoms with Gasteiger partial charge in [0.15, 0.2) is 5.96 Å². The Bertz CT molecular complexity index is 338. The first-order valence-corrected chi connectivity index (χ1v) is 7.55. The highest BCUT2D eigenvalue weighted by Gasteiger charge is 2.59. The monoisotopic (exact) mass is 267 g/mol. The topological polar surface area (TPSA) is 45.7 Å². The van der Waals surface area contributed by atoms with Gasteiger partial charge in [-0.2, -0.15) is 0 Å². The lowest BCUT2D eigenvalue weighted by molar-refractivity contribution is -0.106. The van der Waals surface area contributed by atoms with Crippen molar-refractivity contribution in [1.82, 2.24) is 10.6 Å². The Morgan fingerprint density at radius 2 is 2.16 bits per heavy atom. The molecule has 110 valence electrons. The summed E-state index contributed by atoms with van der Waals surface area (Å²) in [5, 5.41) is 7.01. The van der Waals surface area contributed by atoms with E-state index in [1.165, 1.54) is 12.8 Å². The van der Waals surface area contributed by atoms with Crippen molar-refractivity contribution in [2.24, 2.45) is 22.2 Å². The van der Waals surface area contributed by atoms with Crippen LogP contribution < -0.4 is 10.6 Å². The molecule has 2 aliphatic rings. The normalized spacial score (nSPS) is 32.9. The molecule has 1 heterocycles. The Labute approximate surface area is 117 Å². The van der Waals surface area contributed by atoms with Gasteiger partial charge in [0.2, 0.25) is 0 Å². The van der Waals surface area contributed by atoms with E-state index in [-0.39, 0.29) is 5.41 Å². The van der Waals surface area contributed by atoms with E-state index in [0.29, 0.717) is 18.1 Å². The van der Waals surface area contributed by atoms with Gasteiger partial charge in [0.05, 0.1) is 6.10 Å². The zero-order valence-corrected chi connectivity index (χ0v) is 13.0. The molecule has 2 fully saturated rings. The number of guanidine groups is 1. The zero-order chi connectivity index (χ0) is 14.0. The lowest BCUT2D eigenvalue weighted by Crippen LogP contribution is -2.68. The minimum absolute atomic E-state index is 0.205. The highest BCUT2D eigenvalue weighted by atomic mass is 16.5. The molecule has 3 atom stereocenters. The van der Waals surface area contributed by atoms with E-state index in [1.54, 1.807) is 0 Å². The molecular weight excluding hydrogens is 238 g/mol. The SMILES string of the molecule is CN=C(NCCC(C)C)NC1C2CCOC2C1(C)C. The van der Waals surface area contributed by atoms with Crippen LogP contribution in [0, 0.1) is 17.3 Å². The lowest BCUT2D eigenvalue weighted by Gasteiger charge is -2.54. The molecular formula is C15H29N3O. The second-order valence-corrected chi connectivity index (χ2v) is 6.87. The number of hydrogen-bond donors (Lipinski definition) is 2. The summed E-state index contributed by atoms with van der Waals surface area (Å²) in [5.41, 5.74) is 0.205. The summed E-state index contributed by atoms with van der Waals surface area (Å²) >= 11 is 0. The lowest BCUT2D eigenvalue weighted by atomic mass is 9.57. The molecule has 0 aromatic rings. The van der Waals surface area contributed by atoms with Crippen LogP contribution in [0.5, 0.6) is 0 Å². The van der Waals surface area contributed by atoms with Crippen molar-refractivity contribution in [2.45, 2.75) is 52.7 Å². The fraction of sp³-hybridized carbons (Fsp3) is 0.933. The first-order chi connectivity index (χ1) is 8.96. The third-order valence-electron chi connectivity index (χ3n) is 4.63. The Morgan fingerprint density at radius 3 is 2.79 bits per heavy atom. The van der Waals surface area contributed by atoms with Crippen LogP contribution in [0.25, 0.3) is 0 Å². The molecule has 0 spiro atoms. The molecule has 19 heavy (non-hydrogen) atoms. The van der Waals surface area contributed by atoms with E-state index >= 15 is 0 Å². The Balaban J connectivity index is 1.85. The van der Waals surface area contributed by atoms with Crippen LogP contribution in [0.15, 0.2) is 4.99 Å². The average Bonchev–Trinajstić information content (AvgIpc) is 2.79. The van der Waals surface area contributed by atoms with Crippen LogP contribution in [0.2, 0.25) is 0 Å². The van der Waals surface area contributed by atoms with Crippen molar-refractivity contribution in [3.63, 3.8) is 0 Å². The van der Waals surface area contributed by atoms with Crippen LogP contribution in [0.4, 0.5) is 0 Å². The summed E-state index contributed by atoms with van der Waals surface area (Å²) in [6.07, 6.45) is 2.78. The third-order valence-corrected chi connectivity index (χ3v) is 4.63. The second kappa shape index (κ2) is 5.70. The quantitative estimate of drug-likeness (QED) is 0.605. The maximum absolute atomic E-state index is 5.82. The van der Waals surface area contributed by atoms with Crippen LogP contribution in [-0.2, 0) is 4.74 Å². The maximum Gasteiger partial charge on any atom is 0.191 e. The van der Waals surface area contributed by atoms with Gasteiger partial charge in [0.25, 0.3) is 0 Å². The van der Waals surface area contributed by atoms with Crippen LogP contribution in [0.1, 0.15) is 40.5 Å². The van der Waals surface area contributed by atoms with Crippen molar-refractivity contribution in [1.29, 1.82) is 0 Å². The molecule has 1 aliphatic heterocycles. The number of fused-ring (bicyclic) bond motifs is 1. The third kappa shape index (κ3) is 2.88. The van der Waals surface area contributed by atoms with Gasteiger partial charge < -0.3 is 15.4 Å². The van der Waals surface area contributed by atoms with Gasteiger partial charge >= 0.3 is 0 Å². The number of aliphatic imine (C=N–C) groups is 1. The second-order valence-electron chi connectivity index (χ2n) is 6.87. The summed E-state index contributed by atoms with van der Waals surface area (Å²) in [4.78, 5) is 4.34. The maximum atomic E-state index is 5.82. The summed E-state index contributed by atoms with van der Waals surface area (Å²) in [6.45, 7) is 11.0. The van der Waals surface area contributed by atoms with Crippen molar-refractivity contribution in [3.8, 4) is 0 Å². The van der Waals surface area contributed by atoms with E-state index in [0.717, 1.165) is 25.0 Å². The molecule has 2 N–H and O–H groups in total. The predicted molar refractivity (Wildman–Crippen MR) is 79.4 cm³/mol. The van der Waals surface area contributed by atoms with E-state index in [9.17, 15) is 0 Å². The number of hydrogen-bond acceptors (Lipinski definition) is 2. The first-order valence-electron chi connectivity index (χ1n) is 7.55. The van der Waals surface area contributed by atoms with E-state index in [4.69, 9.17) is 4.74 Å². The minimum Gasteiger partial charge on any atom is -0.377 e. The molecule has 1 aliphatic carbocycles. The molecule has 1 saturated carbocycles. The smallest absolute Gasteiger partial charge is 0.191 e. The Hall–Kier alpha value is -0.770. The molecule has 0 amide bonds. The minimum atomic E-state index is 0.205.